The minimum atomic E-state index is -0.743. The van der Waals surface area contributed by atoms with Crippen molar-refractivity contribution in [2.75, 3.05) is 0 Å². The fourth-order valence-electron chi connectivity index (χ4n) is 1.49. The van der Waals surface area contributed by atoms with Crippen LogP contribution < -0.4 is 0 Å². The van der Waals surface area contributed by atoms with Gasteiger partial charge >= 0.3 is 0 Å². The molecule has 1 N–H and O–H groups in total. The van der Waals surface area contributed by atoms with Gasteiger partial charge in [-0.05, 0) is 33.8 Å². The van der Waals surface area contributed by atoms with Crippen molar-refractivity contribution in [1.29, 1.82) is 0 Å². The summed E-state index contributed by atoms with van der Waals surface area (Å²) in [4.78, 5) is 0.753. The van der Waals surface area contributed by atoms with E-state index in [1.807, 2.05) is 12.3 Å². The number of hydrogen-bond donors (Lipinski definition) is 1. The summed E-state index contributed by atoms with van der Waals surface area (Å²) in [6, 6.07) is 0. The van der Waals surface area contributed by atoms with Crippen molar-refractivity contribution in [3.63, 3.8) is 0 Å². The molecule has 0 saturated carbocycles. The lowest BCUT2D eigenvalue weighted by atomic mass is 10.2. The molecule has 0 spiro atoms. The van der Waals surface area contributed by atoms with Gasteiger partial charge in [-0.25, -0.2) is 0 Å². The highest BCUT2D eigenvalue weighted by Gasteiger charge is 2.22. The second kappa shape index (κ2) is 4.49. The largest absolute Gasteiger partial charge is 0.381 e. The Kier molecular flexibility index (Phi) is 3.39. The molecule has 0 aliphatic rings. The molecule has 0 amide bonds. The molecule has 6 heteroatoms. The molecular weight excluding hydrogens is 312 g/mol. The number of aliphatic hydroxyl groups is 1. The normalized spacial score (nSPS) is 13.1. The zero-order chi connectivity index (χ0) is 11.9. The number of rotatable bonds is 2. The lowest BCUT2D eigenvalue weighted by molar-refractivity contribution is 0.213. The first-order chi connectivity index (χ1) is 7.52. The lowest BCUT2D eigenvalue weighted by Gasteiger charge is -2.10. The van der Waals surface area contributed by atoms with Gasteiger partial charge < -0.3 is 5.11 Å². The van der Waals surface area contributed by atoms with Crippen molar-refractivity contribution in [2.45, 2.75) is 13.0 Å². The summed E-state index contributed by atoms with van der Waals surface area (Å²) in [5.74, 6) is 0. The van der Waals surface area contributed by atoms with Crippen LogP contribution >= 0.6 is 38.9 Å². The first kappa shape index (κ1) is 12.1. The molecule has 16 heavy (non-hydrogen) atoms. The summed E-state index contributed by atoms with van der Waals surface area (Å²) in [5.41, 5.74) is 1.70. The van der Waals surface area contributed by atoms with Gasteiger partial charge in [0.15, 0.2) is 0 Å². The molecule has 2 rings (SSSR count). The molecule has 0 saturated heterocycles. The van der Waals surface area contributed by atoms with Crippen molar-refractivity contribution < 1.29 is 5.11 Å². The van der Waals surface area contributed by atoms with Crippen molar-refractivity contribution >= 4 is 38.9 Å². The number of aromatic nitrogens is 2. The van der Waals surface area contributed by atoms with Crippen molar-refractivity contribution in [3.05, 3.63) is 37.2 Å². The summed E-state index contributed by atoms with van der Waals surface area (Å²) in [7, 11) is 1.79. The Hall–Kier alpha value is -0.360. The summed E-state index contributed by atoms with van der Waals surface area (Å²) >= 11 is 11.0. The van der Waals surface area contributed by atoms with Gasteiger partial charge in [-0.2, -0.15) is 5.10 Å². The predicted octanol–water partition coefficient (Wildman–Crippen LogP) is 3.29. The summed E-state index contributed by atoms with van der Waals surface area (Å²) < 4.78 is 2.42. The zero-order valence-electron chi connectivity index (χ0n) is 8.74. The Morgan fingerprint density at radius 2 is 2.31 bits per heavy atom. The van der Waals surface area contributed by atoms with E-state index < -0.39 is 6.10 Å². The van der Waals surface area contributed by atoms with Crippen LogP contribution in [0.4, 0.5) is 0 Å². The maximum atomic E-state index is 10.3. The van der Waals surface area contributed by atoms with E-state index in [2.05, 4.69) is 21.0 Å². The molecule has 1 atom stereocenters. The SMILES string of the molecule is Cc1csc(C(O)c2c(Br)cnn2C)c1Cl. The van der Waals surface area contributed by atoms with Crippen LogP contribution in [-0.2, 0) is 7.05 Å². The highest BCUT2D eigenvalue weighted by atomic mass is 79.9. The number of aliphatic hydroxyl groups excluding tert-OH is 1. The van der Waals surface area contributed by atoms with Crippen molar-refractivity contribution in [2.24, 2.45) is 7.05 Å². The van der Waals surface area contributed by atoms with Crippen LogP contribution in [-0.4, -0.2) is 14.9 Å². The van der Waals surface area contributed by atoms with Gasteiger partial charge in [0, 0.05) is 7.05 Å². The Morgan fingerprint density at radius 1 is 1.62 bits per heavy atom. The monoisotopic (exact) mass is 320 g/mol. The Morgan fingerprint density at radius 3 is 2.75 bits per heavy atom. The van der Waals surface area contributed by atoms with Gasteiger partial charge in [0.05, 0.1) is 26.3 Å². The zero-order valence-corrected chi connectivity index (χ0v) is 11.9. The maximum Gasteiger partial charge on any atom is 0.132 e. The van der Waals surface area contributed by atoms with E-state index in [-0.39, 0.29) is 0 Å². The third-order valence-electron chi connectivity index (χ3n) is 2.37. The number of halogens is 2. The predicted molar refractivity (Wildman–Crippen MR) is 69.0 cm³/mol. The molecule has 2 aromatic rings. The van der Waals surface area contributed by atoms with Crippen LogP contribution in [0.1, 0.15) is 22.2 Å². The highest BCUT2D eigenvalue weighted by Crippen LogP contribution is 2.37. The van der Waals surface area contributed by atoms with E-state index >= 15 is 0 Å². The van der Waals surface area contributed by atoms with Crippen LogP contribution in [0, 0.1) is 6.92 Å². The fraction of sp³-hybridized carbons (Fsp3) is 0.300. The summed E-state index contributed by atoms with van der Waals surface area (Å²) in [6.07, 6.45) is 0.917. The van der Waals surface area contributed by atoms with Crippen LogP contribution in [0.3, 0.4) is 0 Å². The molecule has 3 nitrogen and oxygen atoms in total. The van der Waals surface area contributed by atoms with Crippen LogP contribution in [0.5, 0.6) is 0 Å². The van der Waals surface area contributed by atoms with Crippen LogP contribution in [0.15, 0.2) is 16.0 Å². The third kappa shape index (κ3) is 1.93. The average Bonchev–Trinajstić information content (AvgIpc) is 2.73. The maximum absolute atomic E-state index is 10.3. The molecular formula is C10H10BrClN2OS. The minimum absolute atomic E-state index is 0.630. The molecule has 0 fully saturated rings. The number of hydrogen-bond acceptors (Lipinski definition) is 3. The Balaban J connectivity index is 2.47. The second-order valence-corrected chi connectivity index (χ2v) is 5.64. The van der Waals surface area contributed by atoms with Gasteiger partial charge in [0.1, 0.15) is 6.10 Å². The van der Waals surface area contributed by atoms with E-state index in [1.165, 1.54) is 11.3 Å². The topological polar surface area (TPSA) is 38.1 Å². The summed E-state index contributed by atoms with van der Waals surface area (Å²) in [6.45, 7) is 1.92. The van der Waals surface area contributed by atoms with Crippen LogP contribution in [0.25, 0.3) is 0 Å². The number of nitrogens with zero attached hydrogens (tertiary/aromatic N) is 2. The molecule has 0 aliphatic heterocycles. The molecule has 1 unspecified atom stereocenters. The first-order valence-electron chi connectivity index (χ1n) is 4.61. The van der Waals surface area contributed by atoms with Crippen molar-refractivity contribution in [1.82, 2.24) is 9.78 Å². The number of aryl methyl sites for hydroxylation is 2. The molecule has 2 heterocycles. The molecule has 2 aromatic heterocycles. The summed E-state index contributed by atoms with van der Waals surface area (Å²) in [5, 5.41) is 16.9. The molecule has 0 bridgehead atoms. The van der Waals surface area contributed by atoms with E-state index in [1.54, 1.807) is 17.9 Å². The standard InChI is InChI=1S/C10H10BrClN2OS/c1-5-4-16-10(7(5)12)9(15)8-6(11)3-13-14(8)2/h3-4,9,15H,1-2H3. The van der Waals surface area contributed by atoms with Gasteiger partial charge in [-0.3, -0.25) is 4.68 Å². The quantitative estimate of drug-likeness (QED) is 0.921. The van der Waals surface area contributed by atoms with E-state index in [0.717, 1.165) is 14.9 Å². The molecule has 0 aromatic carbocycles. The van der Waals surface area contributed by atoms with Crippen LogP contribution in [0.2, 0.25) is 5.02 Å². The number of thiophene rings is 1. The van der Waals surface area contributed by atoms with Gasteiger partial charge in [-0.15, -0.1) is 11.3 Å². The van der Waals surface area contributed by atoms with E-state index in [9.17, 15) is 5.11 Å². The lowest BCUT2D eigenvalue weighted by Crippen LogP contribution is -2.06. The first-order valence-corrected chi connectivity index (χ1v) is 6.66. The van der Waals surface area contributed by atoms with Gasteiger partial charge in [0.2, 0.25) is 0 Å². The fourth-order valence-corrected chi connectivity index (χ4v) is 3.33. The average molecular weight is 322 g/mol. The molecule has 0 aliphatic carbocycles. The minimum Gasteiger partial charge on any atom is -0.381 e. The van der Waals surface area contributed by atoms with Crippen molar-refractivity contribution in [3.8, 4) is 0 Å². The molecule has 0 radical (unpaired) electrons. The second-order valence-electron chi connectivity index (χ2n) is 3.50. The van der Waals surface area contributed by atoms with E-state index in [4.69, 9.17) is 11.6 Å². The Labute approximate surface area is 111 Å². The highest BCUT2D eigenvalue weighted by molar-refractivity contribution is 9.10. The third-order valence-corrected chi connectivity index (χ3v) is 4.75. The Bertz CT molecular complexity index is 503. The van der Waals surface area contributed by atoms with Gasteiger partial charge in [0.25, 0.3) is 0 Å². The smallest absolute Gasteiger partial charge is 0.132 e. The van der Waals surface area contributed by atoms with Gasteiger partial charge in [-0.1, -0.05) is 11.6 Å². The molecule has 86 valence electrons. The van der Waals surface area contributed by atoms with E-state index in [0.29, 0.717) is 10.7 Å².